The average Bonchev–Trinajstić information content (AvgIpc) is 2.45. The summed E-state index contributed by atoms with van der Waals surface area (Å²) in [7, 11) is -2.45. The molecule has 120 valence electrons. The summed E-state index contributed by atoms with van der Waals surface area (Å²) in [5, 5.41) is 8.96. The van der Waals surface area contributed by atoms with Crippen LogP contribution in [-0.2, 0) is 10.0 Å². The zero-order valence-electron chi connectivity index (χ0n) is 12.3. The van der Waals surface area contributed by atoms with E-state index in [9.17, 15) is 12.8 Å². The van der Waals surface area contributed by atoms with Crippen LogP contribution in [0.2, 0.25) is 0 Å². The predicted octanol–water partition coefficient (Wildman–Crippen LogP) is 1.91. The molecule has 1 atom stereocenters. The minimum absolute atomic E-state index is 0.00177. The molecule has 0 aliphatic heterocycles. The lowest BCUT2D eigenvalue weighted by atomic mass is 10.0. The van der Waals surface area contributed by atoms with Crippen LogP contribution in [0.4, 0.5) is 4.39 Å². The van der Waals surface area contributed by atoms with Crippen LogP contribution < -0.4 is 9.46 Å². The van der Waals surface area contributed by atoms with Gasteiger partial charge in [0.25, 0.3) is 0 Å². The Kier molecular flexibility index (Phi) is 7.07. The van der Waals surface area contributed by atoms with E-state index in [0.717, 1.165) is 18.9 Å². The molecule has 1 aromatic carbocycles. The molecule has 0 saturated heterocycles. The number of halogens is 1. The van der Waals surface area contributed by atoms with E-state index < -0.39 is 15.8 Å². The number of aliphatic hydroxyl groups is 1. The van der Waals surface area contributed by atoms with Crippen molar-refractivity contribution >= 4 is 10.0 Å². The Morgan fingerprint density at radius 1 is 1.38 bits per heavy atom. The van der Waals surface area contributed by atoms with Crippen molar-refractivity contribution in [1.82, 2.24) is 4.72 Å². The lowest BCUT2D eigenvalue weighted by Crippen LogP contribution is -2.30. The Bertz CT molecular complexity index is 542. The lowest BCUT2D eigenvalue weighted by molar-refractivity contribution is 0.251. The number of sulfonamides is 1. The number of hydrogen-bond acceptors (Lipinski definition) is 4. The van der Waals surface area contributed by atoms with E-state index in [4.69, 9.17) is 9.84 Å². The molecule has 2 N–H and O–H groups in total. The maximum absolute atomic E-state index is 13.6. The van der Waals surface area contributed by atoms with Gasteiger partial charge in [-0.05, 0) is 37.0 Å². The number of hydrogen-bond donors (Lipinski definition) is 2. The normalized spacial score (nSPS) is 13.1. The van der Waals surface area contributed by atoms with Crippen LogP contribution in [-0.4, -0.2) is 33.8 Å². The van der Waals surface area contributed by atoms with Gasteiger partial charge in [-0.2, -0.15) is 0 Å². The van der Waals surface area contributed by atoms with Gasteiger partial charge in [0.1, 0.15) is 0 Å². The number of aliphatic hydroxyl groups excluding tert-OH is 1. The van der Waals surface area contributed by atoms with Gasteiger partial charge in [0.15, 0.2) is 11.6 Å². The van der Waals surface area contributed by atoms with Crippen LogP contribution in [0.25, 0.3) is 0 Å². The van der Waals surface area contributed by atoms with Gasteiger partial charge >= 0.3 is 0 Å². The van der Waals surface area contributed by atoms with E-state index in [2.05, 4.69) is 4.72 Å². The molecular formula is C14H22FNO4S. The van der Waals surface area contributed by atoms with Crippen molar-refractivity contribution in [3.8, 4) is 5.75 Å². The molecule has 7 heteroatoms. The summed E-state index contributed by atoms with van der Waals surface area (Å²) in [4.78, 5) is -0.139. The summed E-state index contributed by atoms with van der Waals surface area (Å²) in [6, 6.07) is 3.51. The summed E-state index contributed by atoms with van der Waals surface area (Å²) in [6.07, 6.45) is 2.26. The third kappa shape index (κ3) is 5.26. The molecule has 0 fully saturated rings. The smallest absolute Gasteiger partial charge is 0.240 e. The highest BCUT2D eigenvalue weighted by Crippen LogP contribution is 2.21. The average molecular weight is 319 g/mol. The summed E-state index contributed by atoms with van der Waals surface area (Å²) in [6.45, 7) is 2.24. The maximum Gasteiger partial charge on any atom is 0.240 e. The topological polar surface area (TPSA) is 75.6 Å². The molecular weight excluding hydrogens is 297 g/mol. The largest absolute Gasteiger partial charge is 0.494 e. The molecule has 0 saturated carbocycles. The fourth-order valence-electron chi connectivity index (χ4n) is 2.06. The van der Waals surface area contributed by atoms with Gasteiger partial charge in [0, 0.05) is 13.2 Å². The maximum atomic E-state index is 13.6. The first-order valence-electron chi connectivity index (χ1n) is 6.88. The Morgan fingerprint density at radius 3 is 2.62 bits per heavy atom. The van der Waals surface area contributed by atoms with E-state index in [1.165, 1.54) is 19.2 Å². The number of methoxy groups -OCH3 is 1. The summed E-state index contributed by atoms with van der Waals surface area (Å²) in [5.74, 6) is -0.656. The molecule has 0 heterocycles. The Hall–Kier alpha value is -1.18. The monoisotopic (exact) mass is 319 g/mol. The van der Waals surface area contributed by atoms with E-state index in [-0.39, 0.29) is 29.7 Å². The molecule has 0 aromatic heterocycles. The zero-order valence-corrected chi connectivity index (χ0v) is 13.1. The van der Waals surface area contributed by atoms with Crippen LogP contribution in [0, 0.1) is 11.7 Å². The van der Waals surface area contributed by atoms with Crippen molar-refractivity contribution in [2.75, 3.05) is 20.3 Å². The Balaban J connectivity index is 2.79. The quantitative estimate of drug-likeness (QED) is 0.729. The van der Waals surface area contributed by atoms with Crippen LogP contribution in [0.5, 0.6) is 5.75 Å². The van der Waals surface area contributed by atoms with Gasteiger partial charge in [-0.1, -0.05) is 13.3 Å². The van der Waals surface area contributed by atoms with Crippen molar-refractivity contribution in [3.63, 3.8) is 0 Å². The summed E-state index contributed by atoms with van der Waals surface area (Å²) in [5.41, 5.74) is 0. The second kappa shape index (κ2) is 8.31. The van der Waals surface area contributed by atoms with Gasteiger partial charge in [-0.25, -0.2) is 17.5 Å². The number of nitrogens with one attached hydrogen (secondary N) is 1. The standard InChI is InChI=1S/C14H22FNO4S/c1-3-4-11(7-8-17)10-16-21(18,19)12-5-6-14(20-2)13(15)9-12/h5-6,9,11,16-17H,3-4,7-8,10H2,1-2H3. The molecule has 1 unspecified atom stereocenters. The van der Waals surface area contributed by atoms with E-state index in [1.807, 2.05) is 6.92 Å². The molecule has 0 bridgehead atoms. The number of ether oxygens (including phenoxy) is 1. The van der Waals surface area contributed by atoms with Crippen molar-refractivity contribution in [2.24, 2.45) is 5.92 Å². The molecule has 0 aliphatic rings. The molecule has 0 aliphatic carbocycles. The SMILES string of the molecule is CCCC(CCO)CNS(=O)(=O)c1ccc(OC)c(F)c1. The van der Waals surface area contributed by atoms with Crippen molar-refractivity contribution in [3.05, 3.63) is 24.0 Å². The summed E-state index contributed by atoms with van der Waals surface area (Å²) >= 11 is 0. The van der Waals surface area contributed by atoms with Crippen molar-refractivity contribution < 1.29 is 22.7 Å². The van der Waals surface area contributed by atoms with Gasteiger partial charge in [-0.15, -0.1) is 0 Å². The molecule has 5 nitrogen and oxygen atoms in total. The highest BCUT2D eigenvalue weighted by atomic mass is 32.2. The van der Waals surface area contributed by atoms with Crippen molar-refractivity contribution in [1.29, 1.82) is 0 Å². The Morgan fingerprint density at radius 2 is 2.10 bits per heavy atom. The lowest BCUT2D eigenvalue weighted by Gasteiger charge is -2.16. The van der Waals surface area contributed by atoms with Crippen LogP contribution in [0.3, 0.4) is 0 Å². The van der Waals surface area contributed by atoms with Crippen LogP contribution >= 0.6 is 0 Å². The predicted molar refractivity (Wildman–Crippen MR) is 78.2 cm³/mol. The molecule has 21 heavy (non-hydrogen) atoms. The molecule has 1 rings (SSSR count). The molecule has 1 aromatic rings. The first-order valence-corrected chi connectivity index (χ1v) is 8.37. The highest BCUT2D eigenvalue weighted by molar-refractivity contribution is 7.89. The third-order valence-corrected chi connectivity index (χ3v) is 4.65. The van der Waals surface area contributed by atoms with Crippen LogP contribution in [0.1, 0.15) is 26.2 Å². The minimum Gasteiger partial charge on any atom is -0.494 e. The molecule has 0 amide bonds. The molecule has 0 spiro atoms. The fraction of sp³-hybridized carbons (Fsp3) is 0.571. The number of rotatable bonds is 9. The van der Waals surface area contributed by atoms with Gasteiger partial charge in [0.05, 0.1) is 12.0 Å². The first-order chi connectivity index (χ1) is 9.94. The summed E-state index contributed by atoms with van der Waals surface area (Å²) < 4.78 is 45.0. The second-order valence-corrected chi connectivity index (χ2v) is 6.58. The first kappa shape index (κ1) is 17.9. The zero-order chi connectivity index (χ0) is 15.9. The van der Waals surface area contributed by atoms with E-state index >= 15 is 0 Å². The van der Waals surface area contributed by atoms with Gasteiger partial charge in [0.2, 0.25) is 10.0 Å². The Labute approximate surface area is 125 Å². The van der Waals surface area contributed by atoms with E-state index in [1.54, 1.807) is 0 Å². The second-order valence-electron chi connectivity index (χ2n) is 4.82. The number of benzene rings is 1. The van der Waals surface area contributed by atoms with E-state index in [0.29, 0.717) is 6.42 Å². The van der Waals surface area contributed by atoms with Gasteiger partial charge in [-0.3, -0.25) is 0 Å². The van der Waals surface area contributed by atoms with Gasteiger partial charge < -0.3 is 9.84 Å². The fourth-order valence-corrected chi connectivity index (χ4v) is 3.19. The van der Waals surface area contributed by atoms with Crippen LogP contribution in [0.15, 0.2) is 23.1 Å². The van der Waals surface area contributed by atoms with Crippen molar-refractivity contribution in [2.45, 2.75) is 31.1 Å². The minimum atomic E-state index is -3.77. The third-order valence-electron chi connectivity index (χ3n) is 3.23. The molecule has 0 radical (unpaired) electrons. The highest BCUT2D eigenvalue weighted by Gasteiger charge is 2.18.